The molecule has 1 heterocycles. The third-order valence-corrected chi connectivity index (χ3v) is 4.45. The zero-order valence-electron chi connectivity index (χ0n) is 13.9. The Bertz CT molecular complexity index is 733. The number of rotatable bonds is 6. The van der Waals surface area contributed by atoms with Gasteiger partial charge in [-0.1, -0.05) is 25.0 Å². The van der Waals surface area contributed by atoms with Gasteiger partial charge in [-0.2, -0.15) is 5.10 Å². The standard InChI is InChI=1S/C18H22N4O3/c23-17(24)14-7-5-13(6-8-14)11-19-18(25)20-12-15-9-10-22(21-15)16-3-1-2-4-16/h5-10,16H,1-4,11-12H2,(H,23,24)(H2,19,20,25). The number of carboxylic acids is 1. The summed E-state index contributed by atoms with van der Waals surface area (Å²) in [5.41, 5.74) is 1.91. The number of hydrogen-bond donors (Lipinski definition) is 3. The molecule has 3 N–H and O–H groups in total. The fourth-order valence-corrected chi connectivity index (χ4v) is 3.02. The Labute approximate surface area is 146 Å². The van der Waals surface area contributed by atoms with E-state index in [0.29, 0.717) is 19.1 Å². The quantitative estimate of drug-likeness (QED) is 0.752. The average molecular weight is 342 g/mol. The maximum atomic E-state index is 11.9. The molecule has 0 saturated heterocycles. The van der Waals surface area contributed by atoms with Gasteiger partial charge in [0.25, 0.3) is 0 Å². The van der Waals surface area contributed by atoms with Crippen LogP contribution in [0.5, 0.6) is 0 Å². The molecule has 0 radical (unpaired) electrons. The number of urea groups is 1. The zero-order chi connectivity index (χ0) is 17.6. The molecule has 7 heteroatoms. The monoisotopic (exact) mass is 342 g/mol. The Morgan fingerprint density at radius 1 is 1.08 bits per heavy atom. The lowest BCUT2D eigenvalue weighted by Crippen LogP contribution is -2.34. The summed E-state index contributed by atoms with van der Waals surface area (Å²) in [4.78, 5) is 22.7. The molecule has 1 fully saturated rings. The highest BCUT2D eigenvalue weighted by atomic mass is 16.4. The summed E-state index contributed by atoms with van der Waals surface area (Å²) in [7, 11) is 0. The number of aromatic carboxylic acids is 1. The normalized spacial score (nSPS) is 14.4. The molecule has 0 bridgehead atoms. The number of carbonyl (C=O) groups excluding carboxylic acids is 1. The van der Waals surface area contributed by atoms with Crippen molar-refractivity contribution >= 4 is 12.0 Å². The maximum absolute atomic E-state index is 11.9. The van der Waals surface area contributed by atoms with Crippen LogP contribution in [-0.4, -0.2) is 26.9 Å². The van der Waals surface area contributed by atoms with Crippen molar-refractivity contribution in [2.24, 2.45) is 0 Å². The number of carbonyl (C=O) groups is 2. The molecule has 7 nitrogen and oxygen atoms in total. The SMILES string of the molecule is O=C(NCc1ccc(C(=O)O)cc1)NCc1ccn(C2CCCC2)n1. The van der Waals surface area contributed by atoms with Crippen LogP contribution >= 0.6 is 0 Å². The van der Waals surface area contributed by atoms with Gasteiger partial charge in [0.2, 0.25) is 0 Å². The first-order valence-electron chi connectivity index (χ1n) is 8.50. The highest BCUT2D eigenvalue weighted by Gasteiger charge is 2.17. The molecule has 1 aromatic heterocycles. The highest BCUT2D eigenvalue weighted by Crippen LogP contribution is 2.28. The van der Waals surface area contributed by atoms with E-state index in [4.69, 9.17) is 5.11 Å². The summed E-state index contributed by atoms with van der Waals surface area (Å²) in [6.45, 7) is 0.714. The van der Waals surface area contributed by atoms with E-state index in [1.54, 1.807) is 12.1 Å². The van der Waals surface area contributed by atoms with Crippen LogP contribution in [-0.2, 0) is 13.1 Å². The van der Waals surface area contributed by atoms with Crippen molar-refractivity contribution in [3.63, 3.8) is 0 Å². The van der Waals surface area contributed by atoms with Crippen molar-refractivity contribution in [2.45, 2.75) is 44.8 Å². The predicted molar refractivity (Wildman–Crippen MR) is 92.2 cm³/mol. The van der Waals surface area contributed by atoms with E-state index in [-0.39, 0.29) is 11.6 Å². The van der Waals surface area contributed by atoms with Crippen LogP contribution in [0.2, 0.25) is 0 Å². The largest absolute Gasteiger partial charge is 0.478 e. The van der Waals surface area contributed by atoms with Gasteiger partial charge in [0, 0.05) is 12.7 Å². The lowest BCUT2D eigenvalue weighted by Gasteiger charge is -2.09. The third-order valence-electron chi connectivity index (χ3n) is 4.45. The number of hydrogen-bond acceptors (Lipinski definition) is 3. The van der Waals surface area contributed by atoms with Crippen molar-refractivity contribution in [2.75, 3.05) is 0 Å². The summed E-state index contributed by atoms with van der Waals surface area (Å²) in [5.74, 6) is -0.964. The van der Waals surface area contributed by atoms with E-state index in [9.17, 15) is 9.59 Å². The van der Waals surface area contributed by atoms with Gasteiger partial charge in [0.05, 0.1) is 23.8 Å². The summed E-state index contributed by atoms with van der Waals surface area (Å²) < 4.78 is 2.01. The van der Waals surface area contributed by atoms with Crippen LogP contribution in [0.15, 0.2) is 36.5 Å². The predicted octanol–water partition coefficient (Wildman–Crippen LogP) is 2.70. The molecular formula is C18H22N4O3. The van der Waals surface area contributed by atoms with Crippen LogP contribution in [0.1, 0.15) is 53.3 Å². The first kappa shape index (κ1) is 17.0. The number of nitrogens with zero attached hydrogens (tertiary/aromatic N) is 2. The van der Waals surface area contributed by atoms with Gasteiger partial charge in [-0.15, -0.1) is 0 Å². The molecule has 1 saturated carbocycles. The Hall–Kier alpha value is -2.83. The minimum Gasteiger partial charge on any atom is -0.478 e. The summed E-state index contributed by atoms with van der Waals surface area (Å²) >= 11 is 0. The Morgan fingerprint density at radius 3 is 2.44 bits per heavy atom. The fraction of sp³-hybridized carbons (Fsp3) is 0.389. The second kappa shape index (κ2) is 7.83. The average Bonchev–Trinajstić information content (AvgIpc) is 3.29. The van der Waals surface area contributed by atoms with Crippen molar-refractivity contribution < 1.29 is 14.7 Å². The van der Waals surface area contributed by atoms with Crippen molar-refractivity contribution in [1.29, 1.82) is 0 Å². The minimum absolute atomic E-state index is 0.228. The van der Waals surface area contributed by atoms with Crippen LogP contribution < -0.4 is 10.6 Å². The van der Waals surface area contributed by atoms with Gasteiger partial charge in [-0.05, 0) is 36.6 Å². The third kappa shape index (κ3) is 4.59. The van der Waals surface area contributed by atoms with Gasteiger partial charge in [-0.25, -0.2) is 9.59 Å². The van der Waals surface area contributed by atoms with E-state index < -0.39 is 5.97 Å². The molecule has 132 valence electrons. The van der Waals surface area contributed by atoms with E-state index in [1.807, 2.05) is 16.9 Å². The topological polar surface area (TPSA) is 96.3 Å². The molecule has 1 aromatic carbocycles. The second-order valence-electron chi connectivity index (χ2n) is 6.26. The number of amides is 2. The summed E-state index contributed by atoms with van der Waals surface area (Å²) in [6.07, 6.45) is 6.85. The minimum atomic E-state index is -0.964. The number of aromatic nitrogens is 2. The van der Waals surface area contributed by atoms with Gasteiger partial charge in [-0.3, -0.25) is 4.68 Å². The summed E-state index contributed by atoms with van der Waals surface area (Å²) in [5, 5.41) is 18.9. The maximum Gasteiger partial charge on any atom is 0.335 e. The van der Waals surface area contributed by atoms with Crippen LogP contribution in [0, 0.1) is 0 Å². The molecule has 0 aliphatic heterocycles. The zero-order valence-corrected chi connectivity index (χ0v) is 13.9. The van der Waals surface area contributed by atoms with Crippen molar-refractivity contribution in [3.8, 4) is 0 Å². The first-order valence-corrected chi connectivity index (χ1v) is 8.50. The second-order valence-corrected chi connectivity index (χ2v) is 6.26. The van der Waals surface area contributed by atoms with E-state index in [1.165, 1.54) is 37.8 Å². The van der Waals surface area contributed by atoms with E-state index >= 15 is 0 Å². The highest BCUT2D eigenvalue weighted by molar-refractivity contribution is 5.87. The van der Waals surface area contributed by atoms with E-state index in [2.05, 4.69) is 15.7 Å². The molecule has 0 unspecified atom stereocenters. The molecule has 3 rings (SSSR count). The molecule has 25 heavy (non-hydrogen) atoms. The molecule has 1 aliphatic carbocycles. The Balaban J connectivity index is 1.42. The fourth-order valence-electron chi connectivity index (χ4n) is 3.02. The van der Waals surface area contributed by atoms with Gasteiger partial charge in [0.15, 0.2) is 0 Å². The Kier molecular flexibility index (Phi) is 5.33. The lowest BCUT2D eigenvalue weighted by molar-refractivity contribution is 0.0697. The van der Waals surface area contributed by atoms with E-state index in [0.717, 1.165) is 11.3 Å². The molecular weight excluding hydrogens is 320 g/mol. The molecule has 2 amide bonds. The van der Waals surface area contributed by atoms with Gasteiger partial charge >= 0.3 is 12.0 Å². The number of nitrogens with one attached hydrogen (secondary N) is 2. The van der Waals surface area contributed by atoms with Crippen LogP contribution in [0.25, 0.3) is 0 Å². The number of benzene rings is 1. The molecule has 0 atom stereocenters. The molecule has 2 aromatic rings. The molecule has 1 aliphatic rings. The van der Waals surface area contributed by atoms with Crippen molar-refractivity contribution in [3.05, 3.63) is 53.3 Å². The summed E-state index contributed by atoms with van der Waals surface area (Å²) in [6, 6.07) is 8.57. The smallest absolute Gasteiger partial charge is 0.335 e. The van der Waals surface area contributed by atoms with Gasteiger partial charge in [0.1, 0.15) is 0 Å². The van der Waals surface area contributed by atoms with Gasteiger partial charge < -0.3 is 15.7 Å². The lowest BCUT2D eigenvalue weighted by atomic mass is 10.1. The number of carboxylic acid groups (broad SMARTS) is 1. The Morgan fingerprint density at radius 2 is 1.76 bits per heavy atom. The molecule has 0 spiro atoms. The van der Waals surface area contributed by atoms with Crippen LogP contribution in [0.3, 0.4) is 0 Å². The first-order chi connectivity index (χ1) is 12.1. The van der Waals surface area contributed by atoms with Crippen LogP contribution in [0.4, 0.5) is 4.79 Å². The van der Waals surface area contributed by atoms with Crippen molar-refractivity contribution in [1.82, 2.24) is 20.4 Å².